The van der Waals surface area contributed by atoms with Crippen LogP contribution in [-0.4, -0.2) is 31.1 Å². The molecule has 1 aromatic heterocycles. The normalized spacial score (nSPS) is 11.2. The van der Waals surface area contributed by atoms with E-state index < -0.39 is 21.5 Å². The quantitative estimate of drug-likeness (QED) is 0.646. The lowest BCUT2D eigenvalue weighted by Crippen LogP contribution is -2.25. The van der Waals surface area contributed by atoms with Gasteiger partial charge >= 0.3 is 0 Å². The minimum absolute atomic E-state index is 0.0175. The zero-order valence-corrected chi connectivity index (χ0v) is 13.9. The van der Waals surface area contributed by atoms with Gasteiger partial charge in [0.15, 0.2) is 0 Å². The second-order valence-corrected chi connectivity index (χ2v) is 6.81. The summed E-state index contributed by atoms with van der Waals surface area (Å²) in [6.45, 7) is 2.33. The molecule has 0 saturated heterocycles. The second kappa shape index (κ2) is 7.84. The lowest BCUT2D eigenvalue weighted by molar-refractivity contribution is 0.102. The Bertz CT molecular complexity index is 857. The van der Waals surface area contributed by atoms with Gasteiger partial charge in [-0.25, -0.2) is 18.2 Å². The molecule has 1 amide bonds. The van der Waals surface area contributed by atoms with Crippen molar-refractivity contribution >= 4 is 21.6 Å². The first kappa shape index (κ1) is 17.8. The summed E-state index contributed by atoms with van der Waals surface area (Å²) in [4.78, 5) is 23.0. The molecule has 9 heteroatoms. The number of anilines is 1. The van der Waals surface area contributed by atoms with E-state index in [1.807, 2.05) is 6.92 Å². The number of aromatic nitrogens is 2. The van der Waals surface area contributed by atoms with Crippen LogP contribution in [0, 0.1) is 0 Å². The molecule has 0 atom stereocenters. The molecule has 24 heavy (non-hydrogen) atoms. The van der Waals surface area contributed by atoms with Crippen molar-refractivity contribution in [2.75, 3.05) is 11.9 Å². The number of benzene rings is 1. The van der Waals surface area contributed by atoms with Crippen molar-refractivity contribution in [1.29, 1.82) is 0 Å². The minimum Gasteiger partial charge on any atom is -0.321 e. The number of sulfonamides is 1. The Hall–Kier alpha value is -2.52. The highest BCUT2D eigenvalue weighted by Gasteiger charge is 2.15. The zero-order chi connectivity index (χ0) is 17.6. The van der Waals surface area contributed by atoms with E-state index in [2.05, 4.69) is 20.2 Å². The van der Waals surface area contributed by atoms with Gasteiger partial charge in [0.2, 0.25) is 10.0 Å². The molecule has 0 unspecified atom stereocenters. The molecular formula is C15H18N4O4S. The monoisotopic (exact) mass is 350 g/mol. The summed E-state index contributed by atoms with van der Waals surface area (Å²) in [7, 11) is -3.63. The highest BCUT2D eigenvalue weighted by atomic mass is 32.2. The molecule has 0 aliphatic heterocycles. The van der Waals surface area contributed by atoms with Gasteiger partial charge in [-0.2, -0.15) is 5.10 Å². The van der Waals surface area contributed by atoms with Gasteiger partial charge in [-0.1, -0.05) is 19.4 Å². The average molecular weight is 350 g/mol. The Morgan fingerprint density at radius 2 is 2.04 bits per heavy atom. The van der Waals surface area contributed by atoms with Crippen LogP contribution >= 0.6 is 0 Å². The van der Waals surface area contributed by atoms with Crippen LogP contribution in [0.4, 0.5) is 5.69 Å². The molecule has 2 rings (SSSR count). The first-order chi connectivity index (χ1) is 11.4. The predicted octanol–water partition coefficient (Wildman–Crippen LogP) is 1.10. The van der Waals surface area contributed by atoms with Gasteiger partial charge in [-0.3, -0.25) is 9.59 Å². The minimum atomic E-state index is -3.63. The highest BCUT2D eigenvalue weighted by Crippen LogP contribution is 2.16. The second-order valence-electron chi connectivity index (χ2n) is 5.04. The maximum atomic E-state index is 12.2. The SMILES string of the molecule is CCCCNS(=O)(=O)c1cccc(NC(=O)c2ccc(=O)[nH]n2)c1. The molecule has 128 valence electrons. The summed E-state index contributed by atoms with van der Waals surface area (Å²) >= 11 is 0. The zero-order valence-electron chi connectivity index (χ0n) is 13.1. The molecule has 0 fully saturated rings. The van der Waals surface area contributed by atoms with E-state index in [9.17, 15) is 18.0 Å². The third-order valence-electron chi connectivity index (χ3n) is 3.14. The van der Waals surface area contributed by atoms with Gasteiger partial charge in [0, 0.05) is 18.3 Å². The van der Waals surface area contributed by atoms with Crippen LogP contribution in [0.5, 0.6) is 0 Å². The third-order valence-corrected chi connectivity index (χ3v) is 4.60. The molecule has 0 aliphatic carbocycles. The number of amides is 1. The maximum absolute atomic E-state index is 12.2. The molecule has 0 spiro atoms. The third kappa shape index (κ3) is 4.74. The van der Waals surface area contributed by atoms with E-state index in [1.165, 1.54) is 30.3 Å². The summed E-state index contributed by atoms with van der Waals surface area (Å²) in [6, 6.07) is 8.36. The summed E-state index contributed by atoms with van der Waals surface area (Å²) in [5.41, 5.74) is -0.0897. The summed E-state index contributed by atoms with van der Waals surface area (Å²) in [6.07, 6.45) is 1.62. The smallest absolute Gasteiger partial charge is 0.276 e. The lowest BCUT2D eigenvalue weighted by atomic mass is 10.3. The maximum Gasteiger partial charge on any atom is 0.276 e. The molecule has 0 bridgehead atoms. The van der Waals surface area contributed by atoms with E-state index in [-0.39, 0.29) is 10.6 Å². The van der Waals surface area contributed by atoms with Crippen molar-refractivity contribution in [3.05, 3.63) is 52.4 Å². The molecule has 2 aromatic rings. The number of hydrogen-bond donors (Lipinski definition) is 3. The van der Waals surface area contributed by atoms with E-state index in [4.69, 9.17) is 0 Å². The Morgan fingerprint density at radius 3 is 2.71 bits per heavy atom. The van der Waals surface area contributed by atoms with Crippen LogP contribution in [0.3, 0.4) is 0 Å². The number of unbranched alkanes of at least 4 members (excludes halogenated alkanes) is 1. The largest absolute Gasteiger partial charge is 0.321 e. The number of aromatic amines is 1. The fraction of sp³-hybridized carbons (Fsp3) is 0.267. The highest BCUT2D eigenvalue weighted by molar-refractivity contribution is 7.89. The van der Waals surface area contributed by atoms with E-state index >= 15 is 0 Å². The van der Waals surface area contributed by atoms with Crippen molar-refractivity contribution in [1.82, 2.24) is 14.9 Å². The standard InChI is InChI=1S/C15H18N4O4S/c1-2-3-9-16-24(22,23)12-6-4-5-11(10-12)17-15(21)13-7-8-14(20)19-18-13/h4-8,10,16H,2-3,9H2,1H3,(H,17,21)(H,19,20). The van der Waals surface area contributed by atoms with Crippen molar-refractivity contribution in [3.8, 4) is 0 Å². The Balaban J connectivity index is 2.14. The number of nitrogens with zero attached hydrogens (tertiary/aromatic N) is 1. The van der Waals surface area contributed by atoms with E-state index in [1.54, 1.807) is 6.07 Å². The van der Waals surface area contributed by atoms with Gasteiger partial charge in [-0.05, 0) is 30.7 Å². The number of rotatable bonds is 7. The van der Waals surface area contributed by atoms with Crippen molar-refractivity contribution in [3.63, 3.8) is 0 Å². The van der Waals surface area contributed by atoms with Crippen LogP contribution in [0.15, 0.2) is 46.1 Å². The van der Waals surface area contributed by atoms with Crippen LogP contribution in [0.1, 0.15) is 30.3 Å². The van der Waals surface area contributed by atoms with Crippen LogP contribution < -0.4 is 15.6 Å². The molecule has 1 aromatic carbocycles. The molecule has 0 saturated carbocycles. The van der Waals surface area contributed by atoms with E-state index in [0.717, 1.165) is 12.8 Å². The Kier molecular flexibility index (Phi) is 5.83. The first-order valence-corrected chi connectivity index (χ1v) is 8.87. The predicted molar refractivity (Wildman–Crippen MR) is 89.3 cm³/mol. The number of carbonyl (C=O) groups is 1. The molecule has 0 aliphatic rings. The fourth-order valence-electron chi connectivity index (χ4n) is 1.87. The Labute approximate surface area is 139 Å². The molecular weight excluding hydrogens is 332 g/mol. The Morgan fingerprint density at radius 1 is 1.25 bits per heavy atom. The van der Waals surface area contributed by atoms with Gasteiger partial charge in [-0.15, -0.1) is 0 Å². The number of hydrogen-bond acceptors (Lipinski definition) is 5. The topological polar surface area (TPSA) is 121 Å². The van der Waals surface area contributed by atoms with Crippen molar-refractivity contribution < 1.29 is 13.2 Å². The number of carbonyl (C=O) groups excluding carboxylic acids is 1. The van der Waals surface area contributed by atoms with Crippen molar-refractivity contribution in [2.45, 2.75) is 24.7 Å². The first-order valence-electron chi connectivity index (χ1n) is 7.39. The summed E-state index contributed by atoms with van der Waals surface area (Å²) in [5, 5.41) is 8.32. The summed E-state index contributed by atoms with van der Waals surface area (Å²) < 4.78 is 26.9. The van der Waals surface area contributed by atoms with Crippen molar-refractivity contribution in [2.24, 2.45) is 0 Å². The molecule has 3 N–H and O–H groups in total. The van der Waals surface area contributed by atoms with Gasteiger partial charge in [0.05, 0.1) is 4.90 Å². The number of H-pyrrole nitrogens is 1. The van der Waals surface area contributed by atoms with Crippen LogP contribution in [0.25, 0.3) is 0 Å². The van der Waals surface area contributed by atoms with E-state index in [0.29, 0.717) is 12.2 Å². The lowest BCUT2D eigenvalue weighted by Gasteiger charge is -2.09. The van der Waals surface area contributed by atoms with Gasteiger partial charge in [0.25, 0.3) is 11.5 Å². The van der Waals surface area contributed by atoms with Crippen LogP contribution in [0.2, 0.25) is 0 Å². The van der Waals surface area contributed by atoms with Crippen LogP contribution in [-0.2, 0) is 10.0 Å². The molecule has 1 heterocycles. The summed E-state index contributed by atoms with van der Waals surface area (Å²) in [5.74, 6) is -0.556. The fourth-order valence-corrected chi connectivity index (χ4v) is 2.99. The number of nitrogens with one attached hydrogen (secondary N) is 3. The average Bonchev–Trinajstić information content (AvgIpc) is 2.56. The van der Waals surface area contributed by atoms with Gasteiger partial charge in [0.1, 0.15) is 5.69 Å². The molecule has 0 radical (unpaired) electrons. The van der Waals surface area contributed by atoms with Gasteiger partial charge < -0.3 is 5.32 Å². The molecule has 8 nitrogen and oxygen atoms in total.